The fourth-order valence-corrected chi connectivity index (χ4v) is 8.02. The zero-order valence-corrected chi connectivity index (χ0v) is 18.4. The summed E-state index contributed by atoms with van der Waals surface area (Å²) < 4.78 is 0. The maximum absolute atomic E-state index is 13.3. The van der Waals surface area contributed by atoms with E-state index in [1.165, 1.54) is 0 Å². The van der Waals surface area contributed by atoms with Crippen LogP contribution in [0.5, 0.6) is 0 Å². The number of hydrazone groups is 2. The number of aliphatic hydroxyl groups is 2. The molecule has 4 fully saturated rings. The lowest BCUT2D eigenvalue weighted by Gasteiger charge is -2.37. The number of rotatable bonds is 0. The molecule has 0 aromatic rings. The van der Waals surface area contributed by atoms with Gasteiger partial charge in [-0.05, 0) is 48.3 Å². The van der Waals surface area contributed by atoms with Crippen LogP contribution in [-0.4, -0.2) is 54.9 Å². The van der Waals surface area contributed by atoms with Gasteiger partial charge in [0.1, 0.15) is 0 Å². The van der Waals surface area contributed by atoms with Gasteiger partial charge in [-0.25, -0.2) is 0 Å². The maximum Gasteiger partial charge on any atom is 0.336 e. The molecule has 0 unspecified atom stereocenters. The molecule has 2 heterocycles. The second-order valence-electron chi connectivity index (χ2n) is 11.7. The Morgan fingerprint density at radius 3 is 1.47 bits per heavy atom. The van der Waals surface area contributed by atoms with E-state index in [0.717, 1.165) is 10.0 Å². The first-order chi connectivity index (χ1) is 13.8. The molecule has 0 radical (unpaired) electrons. The zero-order chi connectivity index (χ0) is 21.8. The monoisotopic (exact) mass is 414 g/mol. The SMILES string of the molecule is CC1=NN(C(=O)C(=O)N2N=C(C)[C@H]3[C@@H]4[C@@H](C[C@@]32O)C4(C)C)[C@@]2(O)C[C@@H]3[C@@H]([C@@H]12)C3(C)C. The number of carbonyl (C=O) groups excluding carboxylic acids is 2. The summed E-state index contributed by atoms with van der Waals surface area (Å²) in [5.74, 6) is -1.15. The lowest BCUT2D eigenvalue weighted by Crippen LogP contribution is -2.58. The largest absolute Gasteiger partial charge is 0.368 e. The van der Waals surface area contributed by atoms with E-state index in [4.69, 9.17) is 0 Å². The van der Waals surface area contributed by atoms with Crippen LogP contribution in [-0.2, 0) is 9.59 Å². The third-order valence-corrected chi connectivity index (χ3v) is 9.75. The molecule has 0 aromatic carbocycles. The summed E-state index contributed by atoms with van der Waals surface area (Å²) in [6.45, 7) is 12.3. The quantitative estimate of drug-likeness (QED) is 0.584. The summed E-state index contributed by atoms with van der Waals surface area (Å²) in [5.41, 5.74) is -1.29. The second kappa shape index (κ2) is 4.83. The van der Waals surface area contributed by atoms with Gasteiger partial charge in [-0.2, -0.15) is 20.2 Å². The summed E-state index contributed by atoms with van der Waals surface area (Å²) >= 11 is 0. The normalized spacial score (nSPS) is 50.4. The van der Waals surface area contributed by atoms with Crippen LogP contribution in [0, 0.1) is 46.3 Å². The smallest absolute Gasteiger partial charge is 0.336 e. The molecular formula is C22H30N4O4. The molecule has 4 saturated carbocycles. The Bertz CT molecular complexity index is 908. The van der Waals surface area contributed by atoms with Crippen LogP contribution in [0.15, 0.2) is 10.2 Å². The van der Waals surface area contributed by atoms with Gasteiger partial charge in [0.25, 0.3) is 0 Å². The lowest BCUT2D eigenvalue weighted by atomic mass is 9.84. The molecule has 30 heavy (non-hydrogen) atoms. The van der Waals surface area contributed by atoms with Crippen molar-refractivity contribution >= 4 is 23.2 Å². The average molecular weight is 415 g/mol. The second-order valence-corrected chi connectivity index (χ2v) is 11.7. The van der Waals surface area contributed by atoms with E-state index in [2.05, 4.69) is 37.9 Å². The topological polar surface area (TPSA) is 106 Å². The Kier molecular flexibility index (Phi) is 3.04. The molecule has 0 aromatic heterocycles. The fraction of sp³-hybridized carbons (Fsp3) is 0.818. The van der Waals surface area contributed by atoms with E-state index in [-0.39, 0.29) is 34.5 Å². The van der Waals surface area contributed by atoms with Crippen molar-refractivity contribution in [3.8, 4) is 0 Å². The van der Waals surface area contributed by atoms with Crippen molar-refractivity contribution in [1.82, 2.24) is 10.0 Å². The third kappa shape index (κ3) is 1.80. The number of carbonyl (C=O) groups is 2. The number of hydrogen-bond donors (Lipinski definition) is 2. The van der Waals surface area contributed by atoms with Crippen LogP contribution < -0.4 is 0 Å². The van der Waals surface area contributed by atoms with Gasteiger partial charge in [0, 0.05) is 24.3 Å². The molecular weight excluding hydrogens is 384 g/mol. The molecule has 6 aliphatic rings. The van der Waals surface area contributed by atoms with Crippen LogP contribution >= 0.6 is 0 Å². The molecule has 0 spiro atoms. The molecule has 4 aliphatic carbocycles. The Balaban J connectivity index is 1.28. The summed E-state index contributed by atoms with van der Waals surface area (Å²) in [7, 11) is 0. The van der Waals surface area contributed by atoms with E-state index in [1.807, 2.05) is 13.8 Å². The van der Waals surface area contributed by atoms with Crippen molar-refractivity contribution < 1.29 is 19.8 Å². The van der Waals surface area contributed by atoms with Gasteiger partial charge >= 0.3 is 11.8 Å². The molecule has 2 amide bonds. The Hall–Kier alpha value is -1.80. The molecule has 2 aliphatic heterocycles. The minimum atomic E-state index is -1.46. The molecule has 2 N–H and O–H groups in total. The average Bonchev–Trinajstić information content (AvgIpc) is 3.07. The molecule has 8 heteroatoms. The number of hydrogen-bond acceptors (Lipinski definition) is 6. The van der Waals surface area contributed by atoms with Gasteiger partial charge < -0.3 is 10.2 Å². The Morgan fingerprint density at radius 1 is 0.800 bits per heavy atom. The van der Waals surface area contributed by atoms with Crippen LogP contribution in [0.4, 0.5) is 0 Å². The van der Waals surface area contributed by atoms with Crippen molar-refractivity contribution in [1.29, 1.82) is 0 Å². The van der Waals surface area contributed by atoms with Crippen LogP contribution in [0.3, 0.4) is 0 Å². The van der Waals surface area contributed by atoms with Gasteiger partial charge in [0.15, 0.2) is 11.4 Å². The Labute approximate surface area is 176 Å². The molecule has 162 valence electrons. The van der Waals surface area contributed by atoms with E-state index < -0.39 is 23.3 Å². The van der Waals surface area contributed by atoms with Crippen LogP contribution in [0.1, 0.15) is 54.4 Å². The predicted molar refractivity (Wildman–Crippen MR) is 108 cm³/mol. The van der Waals surface area contributed by atoms with Crippen molar-refractivity contribution in [3.63, 3.8) is 0 Å². The predicted octanol–water partition coefficient (Wildman–Crippen LogP) is 1.38. The molecule has 0 saturated heterocycles. The number of amides is 2. The maximum atomic E-state index is 13.3. The van der Waals surface area contributed by atoms with Gasteiger partial charge in [0.2, 0.25) is 0 Å². The first-order valence-corrected chi connectivity index (χ1v) is 11.0. The van der Waals surface area contributed by atoms with Gasteiger partial charge in [0.05, 0.1) is 11.8 Å². The van der Waals surface area contributed by atoms with E-state index in [0.29, 0.717) is 36.1 Å². The van der Waals surface area contributed by atoms with Gasteiger partial charge in [-0.15, -0.1) is 0 Å². The van der Waals surface area contributed by atoms with Gasteiger partial charge in [-0.3, -0.25) is 9.59 Å². The van der Waals surface area contributed by atoms with Gasteiger partial charge in [-0.1, -0.05) is 27.7 Å². The van der Waals surface area contributed by atoms with E-state index in [1.54, 1.807) is 0 Å². The Morgan fingerprint density at radius 2 is 1.13 bits per heavy atom. The van der Waals surface area contributed by atoms with Crippen LogP contribution in [0.2, 0.25) is 0 Å². The summed E-state index contributed by atoms with van der Waals surface area (Å²) in [5, 5.41) is 33.4. The van der Waals surface area contributed by atoms with E-state index >= 15 is 0 Å². The standard InChI is InChI=1S/C22H30N4O4/c1-9-13-15-11(19(15,3)4)7-21(13,29)25(23-9)17(27)18(28)26-22(30)8-12-16(20(12,5)6)14(22)10(2)24-26/h11-16,29-30H,7-8H2,1-6H3/t11-,12-,13-,14+,15+,16+,21-,22-/m1/s1. The fourth-order valence-electron chi connectivity index (χ4n) is 8.02. The highest BCUT2D eigenvalue weighted by Gasteiger charge is 2.78. The zero-order valence-electron chi connectivity index (χ0n) is 18.4. The van der Waals surface area contributed by atoms with Crippen molar-refractivity contribution in [2.75, 3.05) is 0 Å². The van der Waals surface area contributed by atoms with Crippen molar-refractivity contribution in [3.05, 3.63) is 0 Å². The molecule has 8 nitrogen and oxygen atoms in total. The number of nitrogens with zero attached hydrogens (tertiary/aromatic N) is 4. The molecule has 6 rings (SSSR count). The first kappa shape index (κ1) is 18.9. The van der Waals surface area contributed by atoms with Crippen molar-refractivity contribution in [2.24, 2.45) is 56.5 Å². The molecule has 8 atom stereocenters. The summed E-state index contributed by atoms with van der Waals surface area (Å²) in [6.07, 6.45) is 0.839. The highest BCUT2D eigenvalue weighted by atomic mass is 16.3. The highest BCUT2D eigenvalue weighted by molar-refractivity contribution is 6.35. The highest BCUT2D eigenvalue weighted by Crippen LogP contribution is 2.74. The minimum absolute atomic E-state index is 0.118. The third-order valence-electron chi connectivity index (χ3n) is 9.75. The minimum Gasteiger partial charge on any atom is -0.368 e. The summed E-state index contributed by atoms with van der Waals surface area (Å²) in [6, 6.07) is 0. The van der Waals surface area contributed by atoms with Crippen LogP contribution in [0.25, 0.3) is 0 Å². The lowest BCUT2D eigenvalue weighted by molar-refractivity contribution is -0.185. The molecule has 0 bridgehead atoms. The van der Waals surface area contributed by atoms with Crippen molar-refractivity contribution in [2.45, 2.75) is 65.8 Å². The number of fused-ring (bicyclic) bond motifs is 6. The van der Waals surface area contributed by atoms with E-state index in [9.17, 15) is 19.8 Å². The summed E-state index contributed by atoms with van der Waals surface area (Å²) in [4.78, 5) is 26.5. The first-order valence-electron chi connectivity index (χ1n) is 11.0.